The minimum absolute atomic E-state index is 0.296. The van der Waals surface area contributed by atoms with Crippen LogP contribution in [-0.2, 0) is 9.53 Å². The van der Waals surface area contributed by atoms with Gasteiger partial charge in [-0.3, -0.25) is 4.79 Å². The Balaban J connectivity index is 2.35. The first-order chi connectivity index (χ1) is 5.20. The highest BCUT2D eigenvalue weighted by molar-refractivity contribution is 5.67. The average molecular weight is 158 g/mol. The number of carboxylic acid groups (broad SMARTS) is 1. The van der Waals surface area contributed by atoms with Crippen molar-refractivity contribution in [2.45, 2.75) is 19.8 Å². The van der Waals surface area contributed by atoms with Crippen LogP contribution in [0.4, 0.5) is 0 Å². The van der Waals surface area contributed by atoms with Crippen molar-refractivity contribution >= 4 is 5.97 Å². The Bertz CT molecular complexity index is 144. The molecule has 1 saturated heterocycles. The van der Waals surface area contributed by atoms with Crippen LogP contribution in [0.25, 0.3) is 0 Å². The number of hydrogen-bond donors (Lipinski definition) is 1. The first-order valence-electron chi connectivity index (χ1n) is 3.99. The molecule has 0 radical (unpaired) electrons. The number of hydrogen-bond acceptors (Lipinski definition) is 2. The third-order valence-corrected chi connectivity index (χ3v) is 2.26. The molecule has 2 unspecified atom stereocenters. The number of ether oxygens (including phenoxy) is 1. The van der Waals surface area contributed by atoms with Gasteiger partial charge in [0.2, 0.25) is 0 Å². The van der Waals surface area contributed by atoms with Gasteiger partial charge in [-0.25, -0.2) is 0 Å². The van der Waals surface area contributed by atoms with E-state index in [-0.39, 0.29) is 0 Å². The molecule has 0 aromatic carbocycles. The monoisotopic (exact) mass is 158 g/mol. The summed E-state index contributed by atoms with van der Waals surface area (Å²) in [7, 11) is 0. The molecule has 2 atom stereocenters. The van der Waals surface area contributed by atoms with Crippen LogP contribution in [0.15, 0.2) is 0 Å². The molecule has 0 aromatic heterocycles. The summed E-state index contributed by atoms with van der Waals surface area (Å²) in [4.78, 5) is 10.4. The van der Waals surface area contributed by atoms with Gasteiger partial charge in [0.1, 0.15) is 0 Å². The molecule has 11 heavy (non-hydrogen) atoms. The molecule has 0 spiro atoms. The van der Waals surface area contributed by atoms with Gasteiger partial charge >= 0.3 is 5.97 Å². The Kier molecular flexibility index (Phi) is 2.88. The van der Waals surface area contributed by atoms with Crippen LogP contribution in [0.1, 0.15) is 19.8 Å². The van der Waals surface area contributed by atoms with E-state index in [0.717, 1.165) is 19.6 Å². The molecule has 1 N–H and O–H groups in total. The van der Waals surface area contributed by atoms with Crippen molar-refractivity contribution in [2.24, 2.45) is 11.8 Å². The van der Waals surface area contributed by atoms with Gasteiger partial charge < -0.3 is 9.84 Å². The van der Waals surface area contributed by atoms with Crippen molar-refractivity contribution in [3.05, 3.63) is 0 Å². The molecule has 1 rings (SSSR count). The Hall–Kier alpha value is -0.570. The lowest BCUT2D eigenvalue weighted by Gasteiger charge is -2.27. The van der Waals surface area contributed by atoms with Gasteiger partial charge in [0.25, 0.3) is 0 Å². The fourth-order valence-electron chi connectivity index (χ4n) is 1.45. The van der Waals surface area contributed by atoms with E-state index in [1.807, 2.05) is 6.92 Å². The maximum absolute atomic E-state index is 10.4. The predicted molar refractivity (Wildman–Crippen MR) is 40.3 cm³/mol. The van der Waals surface area contributed by atoms with Gasteiger partial charge in [0.05, 0.1) is 0 Å². The first-order valence-corrected chi connectivity index (χ1v) is 3.99. The smallest absolute Gasteiger partial charge is 0.303 e. The molecule has 0 aliphatic carbocycles. The van der Waals surface area contributed by atoms with Crippen LogP contribution in [0.5, 0.6) is 0 Å². The molecule has 1 aliphatic heterocycles. The molecule has 0 amide bonds. The molecule has 0 bridgehead atoms. The predicted octanol–water partition coefficient (Wildman–Crippen LogP) is 1.13. The highest BCUT2D eigenvalue weighted by Gasteiger charge is 2.23. The van der Waals surface area contributed by atoms with E-state index in [9.17, 15) is 4.79 Å². The number of carbonyl (C=O) groups is 1. The summed E-state index contributed by atoms with van der Waals surface area (Å²) < 4.78 is 5.20. The Labute approximate surface area is 66.4 Å². The summed E-state index contributed by atoms with van der Waals surface area (Å²) >= 11 is 0. The van der Waals surface area contributed by atoms with Gasteiger partial charge in [-0.2, -0.15) is 0 Å². The van der Waals surface area contributed by atoms with Gasteiger partial charge in [0, 0.05) is 19.6 Å². The fraction of sp³-hybridized carbons (Fsp3) is 0.875. The lowest BCUT2D eigenvalue weighted by Crippen LogP contribution is -2.27. The fourth-order valence-corrected chi connectivity index (χ4v) is 1.45. The minimum Gasteiger partial charge on any atom is -0.481 e. The van der Waals surface area contributed by atoms with E-state index in [1.54, 1.807) is 0 Å². The summed E-state index contributed by atoms with van der Waals surface area (Å²) in [5.74, 6) is 0.0323. The topological polar surface area (TPSA) is 46.5 Å². The maximum atomic E-state index is 10.4. The second-order valence-corrected chi connectivity index (χ2v) is 3.20. The SMILES string of the molecule is CC1COCCC1CC(=O)O. The van der Waals surface area contributed by atoms with Crippen LogP contribution in [0, 0.1) is 11.8 Å². The van der Waals surface area contributed by atoms with Crippen LogP contribution < -0.4 is 0 Å². The van der Waals surface area contributed by atoms with Crippen LogP contribution in [0.2, 0.25) is 0 Å². The van der Waals surface area contributed by atoms with E-state index < -0.39 is 5.97 Å². The molecule has 1 fully saturated rings. The average Bonchev–Trinajstić information content (AvgIpc) is 1.93. The third kappa shape index (κ3) is 2.50. The Morgan fingerprint density at radius 2 is 2.45 bits per heavy atom. The van der Waals surface area contributed by atoms with Crippen molar-refractivity contribution in [3.63, 3.8) is 0 Å². The van der Waals surface area contributed by atoms with E-state index in [4.69, 9.17) is 9.84 Å². The number of aliphatic carboxylic acids is 1. The highest BCUT2D eigenvalue weighted by Crippen LogP contribution is 2.24. The zero-order valence-corrected chi connectivity index (χ0v) is 6.75. The van der Waals surface area contributed by atoms with Crippen molar-refractivity contribution in [3.8, 4) is 0 Å². The highest BCUT2D eigenvalue weighted by atomic mass is 16.5. The Morgan fingerprint density at radius 3 is 3.00 bits per heavy atom. The first kappa shape index (κ1) is 8.53. The molecule has 1 heterocycles. The number of carboxylic acids is 1. The van der Waals surface area contributed by atoms with E-state index in [2.05, 4.69) is 0 Å². The largest absolute Gasteiger partial charge is 0.481 e. The van der Waals surface area contributed by atoms with Crippen molar-refractivity contribution in [1.29, 1.82) is 0 Å². The van der Waals surface area contributed by atoms with Crippen molar-refractivity contribution in [2.75, 3.05) is 13.2 Å². The molecule has 64 valence electrons. The quantitative estimate of drug-likeness (QED) is 0.655. The number of rotatable bonds is 2. The lowest BCUT2D eigenvalue weighted by molar-refractivity contribution is -0.139. The molecule has 3 nitrogen and oxygen atoms in total. The molecular weight excluding hydrogens is 144 g/mol. The van der Waals surface area contributed by atoms with Crippen molar-refractivity contribution in [1.82, 2.24) is 0 Å². The zero-order valence-electron chi connectivity index (χ0n) is 6.75. The van der Waals surface area contributed by atoms with Crippen molar-refractivity contribution < 1.29 is 14.6 Å². The minimum atomic E-state index is -0.691. The normalized spacial score (nSPS) is 31.7. The maximum Gasteiger partial charge on any atom is 0.303 e. The summed E-state index contributed by atoms with van der Waals surface area (Å²) in [6.07, 6.45) is 1.19. The summed E-state index contributed by atoms with van der Waals surface area (Å²) in [5, 5.41) is 8.54. The summed E-state index contributed by atoms with van der Waals surface area (Å²) in [5.41, 5.74) is 0. The molecular formula is C8H14O3. The van der Waals surface area contributed by atoms with Gasteiger partial charge in [-0.1, -0.05) is 6.92 Å². The van der Waals surface area contributed by atoms with E-state index >= 15 is 0 Å². The molecule has 1 aliphatic rings. The lowest BCUT2D eigenvalue weighted by atomic mass is 9.87. The Morgan fingerprint density at radius 1 is 1.73 bits per heavy atom. The molecule has 0 saturated carbocycles. The van der Waals surface area contributed by atoms with Gasteiger partial charge in [-0.05, 0) is 18.3 Å². The second kappa shape index (κ2) is 3.72. The van der Waals surface area contributed by atoms with Gasteiger partial charge in [0.15, 0.2) is 0 Å². The van der Waals surface area contributed by atoms with E-state index in [0.29, 0.717) is 18.3 Å². The zero-order chi connectivity index (χ0) is 8.27. The summed E-state index contributed by atoms with van der Waals surface area (Å²) in [6.45, 7) is 3.49. The standard InChI is InChI=1S/C8H14O3/c1-6-5-11-3-2-7(6)4-8(9)10/h6-7H,2-5H2,1H3,(H,9,10). The second-order valence-electron chi connectivity index (χ2n) is 3.20. The van der Waals surface area contributed by atoms with Gasteiger partial charge in [-0.15, -0.1) is 0 Å². The molecule has 3 heteroatoms. The summed E-state index contributed by atoms with van der Waals surface area (Å²) in [6, 6.07) is 0. The van der Waals surface area contributed by atoms with Crippen LogP contribution in [0.3, 0.4) is 0 Å². The van der Waals surface area contributed by atoms with E-state index in [1.165, 1.54) is 0 Å². The third-order valence-electron chi connectivity index (χ3n) is 2.26. The van der Waals surface area contributed by atoms with Crippen LogP contribution >= 0.6 is 0 Å². The molecule has 0 aromatic rings. The van der Waals surface area contributed by atoms with Crippen LogP contribution in [-0.4, -0.2) is 24.3 Å².